The summed E-state index contributed by atoms with van der Waals surface area (Å²) in [5.41, 5.74) is 0.251. The van der Waals surface area contributed by atoms with Gasteiger partial charge >= 0.3 is 5.97 Å². The van der Waals surface area contributed by atoms with Gasteiger partial charge in [-0.05, 0) is 12.8 Å². The Morgan fingerprint density at radius 2 is 2.25 bits per heavy atom. The summed E-state index contributed by atoms with van der Waals surface area (Å²) in [4.78, 5) is 21.8. The second-order valence-corrected chi connectivity index (χ2v) is 3.82. The normalized spacial score (nSPS) is 23.6. The van der Waals surface area contributed by atoms with Crippen LogP contribution in [0.5, 0.6) is 0 Å². The van der Waals surface area contributed by atoms with Crippen molar-refractivity contribution in [3.05, 3.63) is 11.9 Å². The lowest BCUT2D eigenvalue weighted by atomic mass is 9.80. The van der Waals surface area contributed by atoms with Crippen LogP contribution in [0.2, 0.25) is 0 Å². The van der Waals surface area contributed by atoms with E-state index in [-0.39, 0.29) is 23.6 Å². The molecular formula is C9H12N4O3. The van der Waals surface area contributed by atoms with Gasteiger partial charge in [0, 0.05) is 7.05 Å². The zero-order valence-electron chi connectivity index (χ0n) is 8.75. The van der Waals surface area contributed by atoms with Crippen LogP contribution in [0.15, 0.2) is 6.20 Å². The number of aliphatic carboxylic acids is 1. The molecule has 86 valence electrons. The molecule has 0 unspecified atom stereocenters. The molecule has 0 aliphatic heterocycles. The van der Waals surface area contributed by atoms with Crippen molar-refractivity contribution in [3.63, 3.8) is 0 Å². The van der Waals surface area contributed by atoms with Gasteiger partial charge in [0.25, 0.3) is 5.91 Å². The van der Waals surface area contributed by atoms with Crippen molar-refractivity contribution in [2.75, 3.05) is 7.05 Å². The Bertz CT molecular complexity index is 422. The van der Waals surface area contributed by atoms with Crippen LogP contribution in [0.1, 0.15) is 29.4 Å². The van der Waals surface area contributed by atoms with Crippen molar-refractivity contribution in [2.24, 2.45) is 5.92 Å². The highest BCUT2D eigenvalue weighted by molar-refractivity contribution is 5.91. The Morgan fingerprint density at radius 3 is 2.81 bits per heavy atom. The van der Waals surface area contributed by atoms with E-state index in [9.17, 15) is 9.59 Å². The molecule has 1 amide bonds. The van der Waals surface area contributed by atoms with Gasteiger partial charge in [0.05, 0.1) is 18.2 Å². The molecular weight excluding hydrogens is 212 g/mol. The number of aromatic nitrogens is 3. The van der Waals surface area contributed by atoms with E-state index in [1.165, 1.54) is 7.05 Å². The van der Waals surface area contributed by atoms with E-state index in [0.29, 0.717) is 12.8 Å². The van der Waals surface area contributed by atoms with Crippen molar-refractivity contribution >= 4 is 11.9 Å². The van der Waals surface area contributed by atoms with E-state index in [0.717, 1.165) is 0 Å². The van der Waals surface area contributed by atoms with Gasteiger partial charge < -0.3 is 10.4 Å². The number of rotatable bonds is 3. The third-order valence-corrected chi connectivity index (χ3v) is 2.81. The quantitative estimate of drug-likeness (QED) is 0.733. The van der Waals surface area contributed by atoms with Crippen LogP contribution in [0.3, 0.4) is 0 Å². The lowest BCUT2D eigenvalue weighted by molar-refractivity contribution is -0.146. The first-order chi connectivity index (χ1) is 7.61. The predicted molar refractivity (Wildman–Crippen MR) is 52.8 cm³/mol. The van der Waals surface area contributed by atoms with E-state index in [4.69, 9.17) is 5.11 Å². The van der Waals surface area contributed by atoms with Crippen LogP contribution in [-0.2, 0) is 4.79 Å². The SMILES string of the molecule is CNC(=O)c1cn(C2CC(C(=O)O)C2)nn1. The molecule has 0 radical (unpaired) electrons. The zero-order chi connectivity index (χ0) is 11.7. The van der Waals surface area contributed by atoms with Gasteiger partial charge in [-0.15, -0.1) is 5.10 Å². The lowest BCUT2D eigenvalue weighted by Gasteiger charge is -2.31. The molecule has 1 aromatic heterocycles. The molecule has 1 aliphatic rings. The van der Waals surface area contributed by atoms with Crippen LogP contribution in [0.4, 0.5) is 0 Å². The standard InChI is InChI=1S/C9H12N4O3/c1-10-8(14)7-4-13(12-11-7)6-2-5(3-6)9(15)16/h4-6H,2-3H2,1H3,(H,10,14)(H,15,16). The first-order valence-electron chi connectivity index (χ1n) is 4.98. The van der Waals surface area contributed by atoms with Crippen LogP contribution < -0.4 is 5.32 Å². The number of amides is 1. The van der Waals surface area contributed by atoms with Crippen molar-refractivity contribution in [1.82, 2.24) is 20.3 Å². The molecule has 0 bridgehead atoms. The monoisotopic (exact) mass is 224 g/mol. The number of carbonyl (C=O) groups excluding carboxylic acids is 1. The van der Waals surface area contributed by atoms with Crippen LogP contribution in [-0.4, -0.2) is 39.0 Å². The molecule has 1 heterocycles. The molecule has 7 heteroatoms. The Balaban J connectivity index is 2.00. The summed E-state index contributed by atoms with van der Waals surface area (Å²) >= 11 is 0. The fourth-order valence-electron chi connectivity index (χ4n) is 1.69. The Kier molecular flexibility index (Phi) is 2.59. The fourth-order valence-corrected chi connectivity index (χ4v) is 1.69. The summed E-state index contributed by atoms with van der Waals surface area (Å²) < 4.78 is 1.56. The highest BCUT2D eigenvalue weighted by atomic mass is 16.4. The summed E-state index contributed by atoms with van der Waals surface area (Å²) in [7, 11) is 1.52. The van der Waals surface area contributed by atoms with E-state index in [1.54, 1.807) is 10.9 Å². The number of carbonyl (C=O) groups is 2. The van der Waals surface area contributed by atoms with Gasteiger partial charge in [0.1, 0.15) is 0 Å². The minimum Gasteiger partial charge on any atom is -0.481 e. The minimum atomic E-state index is -0.775. The molecule has 2 N–H and O–H groups in total. The third kappa shape index (κ3) is 1.75. The summed E-state index contributed by atoms with van der Waals surface area (Å²) in [5.74, 6) is -1.36. The van der Waals surface area contributed by atoms with Crippen LogP contribution >= 0.6 is 0 Å². The Morgan fingerprint density at radius 1 is 1.56 bits per heavy atom. The largest absolute Gasteiger partial charge is 0.481 e. The van der Waals surface area contributed by atoms with E-state index in [1.807, 2.05) is 0 Å². The molecule has 0 atom stereocenters. The van der Waals surface area contributed by atoms with Crippen molar-refractivity contribution < 1.29 is 14.7 Å². The molecule has 1 aliphatic carbocycles. The summed E-state index contributed by atoms with van der Waals surface area (Å²) in [6.07, 6.45) is 2.64. The molecule has 1 saturated carbocycles. The molecule has 7 nitrogen and oxygen atoms in total. The number of nitrogens with zero attached hydrogens (tertiary/aromatic N) is 3. The van der Waals surface area contributed by atoms with E-state index < -0.39 is 5.97 Å². The lowest BCUT2D eigenvalue weighted by Crippen LogP contribution is -2.32. The van der Waals surface area contributed by atoms with Gasteiger partial charge in [-0.25, -0.2) is 4.68 Å². The molecule has 0 spiro atoms. The van der Waals surface area contributed by atoms with Gasteiger partial charge in [-0.2, -0.15) is 0 Å². The first-order valence-corrected chi connectivity index (χ1v) is 4.98. The number of nitrogens with one attached hydrogen (secondary N) is 1. The Labute approximate surface area is 91.4 Å². The van der Waals surface area contributed by atoms with Gasteiger partial charge in [-0.3, -0.25) is 9.59 Å². The number of hydrogen-bond donors (Lipinski definition) is 2. The summed E-state index contributed by atoms with van der Waals surface area (Å²) in [6.45, 7) is 0. The zero-order valence-corrected chi connectivity index (χ0v) is 8.75. The molecule has 1 fully saturated rings. The van der Waals surface area contributed by atoms with Gasteiger partial charge in [-0.1, -0.05) is 5.21 Å². The topological polar surface area (TPSA) is 97.1 Å². The number of carboxylic acids is 1. The molecule has 2 rings (SSSR count). The molecule has 1 aromatic rings. The highest BCUT2D eigenvalue weighted by Gasteiger charge is 2.36. The summed E-state index contributed by atoms with van der Waals surface area (Å²) in [6, 6.07) is 0.0482. The highest BCUT2D eigenvalue weighted by Crippen LogP contribution is 2.37. The average Bonchev–Trinajstić information content (AvgIpc) is 2.63. The third-order valence-electron chi connectivity index (χ3n) is 2.81. The fraction of sp³-hybridized carbons (Fsp3) is 0.556. The Hall–Kier alpha value is -1.92. The minimum absolute atomic E-state index is 0.0482. The molecule has 0 saturated heterocycles. The van der Waals surface area contributed by atoms with Gasteiger partial charge in [0.15, 0.2) is 5.69 Å². The maximum atomic E-state index is 11.2. The maximum absolute atomic E-state index is 11.2. The number of hydrogen-bond acceptors (Lipinski definition) is 4. The summed E-state index contributed by atoms with van der Waals surface area (Å²) in [5, 5.41) is 18.7. The second kappa shape index (κ2) is 3.92. The smallest absolute Gasteiger partial charge is 0.306 e. The molecule has 16 heavy (non-hydrogen) atoms. The first kappa shape index (κ1) is 10.6. The maximum Gasteiger partial charge on any atom is 0.306 e. The van der Waals surface area contributed by atoms with E-state index in [2.05, 4.69) is 15.6 Å². The van der Waals surface area contributed by atoms with E-state index >= 15 is 0 Å². The predicted octanol–water partition coefficient (Wildman–Crippen LogP) is -0.327. The van der Waals surface area contributed by atoms with Crippen LogP contribution in [0.25, 0.3) is 0 Å². The van der Waals surface area contributed by atoms with Crippen molar-refractivity contribution in [3.8, 4) is 0 Å². The van der Waals surface area contributed by atoms with Gasteiger partial charge in [0.2, 0.25) is 0 Å². The van der Waals surface area contributed by atoms with Crippen molar-refractivity contribution in [1.29, 1.82) is 0 Å². The second-order valence-electron chi connectivity index (χ2n) is 3.82. The van der Waals surface area contributed by atoms with Crippen LogP contribution in [0, 0.1) is 5.92 Å². The average molecular weight is 224 g/mol. The van der Waals surface area contributed by atoms with Crippen molar-refractivity contribution in [2.45, 2.75) is 18.9 Å². The number of carboxylic acid groups (broad SMARTS) is 1. The molecule has 0 aromatic carbocycles.